The fraction of sp³-hybridized carbons (Fsp3) is 0.391. The van der Waals surface area contributed by atoms with Crippen molar-refractivity contribution in [1.82, 2.24) is 4.90 Å². The minimum absolute atomic E-state index is 0.0423. The van der Waals surface area contributed by atoms with E-state index >= 15 is 0 Å². The van der Waals surface area contributed by atoms with Crippen LogP contribution in [0.15, 0.2) is 48.5 Å². The number of fused-ring (bicyclic) bond motifs is 1. The highest BCUT2D eigenvalue weighted by Gasteiger charge is 2.40. The summed E-state index contributed by atoms with van der Waals surface area (Å²) < 4.78 is 0. The average molecular weight is 362 g/mol. The van der Waals surface area contributed by atoms with Crippen LogP contribution in [-0.2, 0) is 16.0 Å². The van der Waals surface area contributed by atoms with Crippen LogP contribution in [-0.4, -0.2) is 29.8 Å². The lowest BCUT2D eigenvalue weighted by molar-refractivity contribution is -0.138. The molecule has 2 aliphatic heterocycles. The summed E-state index contributed by atoms with van der Waals surface area (Å²) >= 11 is 0. The lowest BCUT2D eigenvalue weighted by Gasteiger charge is -2.38. The van der Waals surface area contributed by atoms with E-state index in [9.17, 15) is 9.59 Å². The third-order valence-electron chi connectivity index (χ3n) is 5.87. The molecule has 4 heteroatoms. The highest BCUT2D eigenvalue weighted by atomic mass is 16.2. The van der Waals surface area contributed by atoms with Gasteiger partial charge in [0.05, 0.1) is 12.0 Å². The van der Waals surface area contributed by atoms with E-state index in [0.29, 0.717) is 13.0 Å². The van der Waals surface area contributed by atoms with Gasteiger partial charge in [0.25, 0.3) is 0 Å². The van der Waals surface area contributed by atoms with E-state index in [0.717, 1.165) is 25.1 Å². The van der Waals surface area contributed by atoms with Crippen molar-refractivity contribution in [2.75, 3.05) is 18.0 Å². The number of rotatable bonds is 3. The van der Waals surface area contributed by atoms with Crippen LogP contribution in [0.3, 0.4) is 0 Å². The molecule has 0 bridgehead atoms. The molecular formula is C23H26N2O2. The van der Waals surface area contributed by atoms with Gasteiger partial charge < -0.3 is 9.80 Å². The van der Waals surface area contributed by atoms with Crippen LogP contribution in [0.4, 0.5) is 5.69 Å². The summed E-state index contributed by atoms with van der Waals surface area (Å²) in [6.45, 7) is 5.47. The summed E-state index contributed by atoms with van der Waals surface area (Å²) in [6.07, 6.45) is 2.09. The maximum absolute atomic E-state index is 13.3. The minimum Gasteiger partial charge on any atom is -0.335 e. The molecule has 2 unspecified atom stereocenters. The number of carbonyl (C=O) groups excluding carboxylic acids is 2. The number of nitrogens with zero attached hydrogens (tertiary/aromatic N) is 2. The molecule has 4 nitrogen and oxygen atoms in total. The number of benzene rings is 2. The summed E-state index contributed by atoms with van der Waals surface area (Å²) in [7, 11) is 0. The standard InChI is InChI=1S/C23H26N2O2/c1-3-21-20-10-9-16(2)13-17(20)11-12-24(21)23(27)18-14-22(26)25(15-18)19-7-5-4-6-8-19/h4-10,13,18,21H,3,11-12,14-15H2,1-2H3. The van der Waals surface area contributed by atoms with Crippen LogP contribution in [0.25, 0.3) is 0 Å². The van der Waals surface area contributed by atoms with Gasteiger partial charge in [-0.2, -0.15) is 0 Å². The Morgan fingerprint density at radius 1 is 1.15 bits per heavy atom. The molecule has 2 amide bonds. The summed E-state index contributed by atoms with van der Waals surface area (Å²) in [4.78, 5) is 29.6. The minimum atomic E-state index is -0.251. The summed E-state index contributed by atoms with van der Waals surface area (Å²) in [5.74, 6) is -0.0840. The van der Waals surface area contributed by atoms with E-state index < -0.39 is 0 Å². The molecule has 0 aromatic heterocycles. The molecule has 2 atom stereocenters. The number of hydrogen-bond acceptors (Lipinski definition) is 2. The number of para-hydroxylation sites is 1. The zero-order chi connectivity index (χ0) is 19.0. The second-order valence-electron chi connectivity index (χ2n) is 7.65. The lowest BCUT2D eigenvalue weighted by atomic mass is 9.89. The Hall–Kier alpha value is -2.62. The molecule has 4 rings (SSSR count). The SMILES string of the molecule is CCC1c2ccc(C)cc2CCN1C(=O)C1CC(=O)N(c2ccccc2)C1. The van der Waals surface area contributed by atoms with Crippen molar-refractivity contribution in [3.8, 4) is 0 Å². The second kappa shape index (κ2) is 7.18. The maximum atomic E-state index is 13.3. The lowest BCUT2D eigenvalue weighted by Crippen LogP contribution is -2.43. The van der Waals surface area contributed by atoms with E-state index in [1.165, 1.54) is 16.7 Å². The molecule has 27 heavy (non-hydrogen) atoms. The molecule has 2 heterocycles. The predicted molar refractivity (Wildman–Crippen MR) is 107 cm³/mol. The van der Waals surface area contributed by atoms with E-state index in [1.807, 2.05) is 35.2 Å². The summed E-state index contributed by atoms with van der Waals surface area (Å²) in [5, 5.41) is 0. The first-order chi connectivity index (χ1) is 13.1. The highest BCUT2D eigenvalue weighted by molar-refractivity contribution is 6.00. The summed E-state index contributed by atoms with van der Waals surface area (Å²) in [5.41, 5.74) is 4.78. The van der Waals surface area contributed by atoms with Gasteiger partial charge in [0.15, 0.2) is 0 Å². The van der Waals surface area contributed by atoms with Crippen LogP contribution < -0.4 is 4.90 Å². The third-order valence-corrected chi connectivity index (χ3v) is 5.87. The molecular weight excluding hydrogens is 336 g/mol. The number of hydrogen-bond donors (Lipinski definition) is 0. The highest BCUT2D eigenvalue weighted by Crippen LogP contribution is 2.35. The van der Waals surface area contributed by atoms with Crippen LogP contribution >= 0.6 is 0 Å². The number of carbonyl (C=O) groups is 2. The predicted octanol–water partition coefficient (Wildman–Crippen LogP) is 3.88. The fourth-order valence-corrected chi connectivity index (χ4v) is 4.51. The van der Waals surface area contributed by atoms with Gasteiger partial charge in [-0.3, -0.25) is 9.59 Å². The number of aryl methyl sites for hydroxylation is 1. The molecule has 140 valence electrons. The molecule has 1 saturated heterocycles. The second-order valence-corrected chi connectivity index (χ2v) is 7.65. The van der Waals surface area contributed by atoms with Crippen LogP contribution in [0.5, 0.6) is 0 Å². The molecule has 2 aliphatic rings. The molecule has 0 saturated carbocycles. The van der Waals surface area contributed by atoms with Gasteiger partial charge in [0, 0.05) is 25.2 Å². The largest absolute Gasteiger partial charge is 0.335 e. The normalized spacial score (nSPS) is 22.1. The topological polar surface area (TPSA) is 40.6 Å². The van der Waals surface area contributed by atoms with Crippen molar-refractivity contribution < 1.29 is 9.59 Å². The molecule has 0 aliphatic carbocycles. The Kier molecular flexibility index (Phi) is 4.73. The molecule has 0 radical (unpaired) electrons. The van der Waals surface area contributed by atoms with Gasteiger partial charge in [-0.25, -0.2) is 0 Å². The van der Waals surface area contributed by atoms with Gasteiger partial charge >= 0.3 is 0 Å². The van der Waals surface area contributed by atoms with Gasteiger partial charge in [-0.05, 0) is 43.0 Å². The van der Waals surface area contributed by atoms with Gasteiger partial charge in [0.2, 0.25) is 11.8 Å². The van der Waals surface area contributed by atoms with Crippen molar-refractivity contribution >= 4 is 17.5 Å². The molecule has 1 fully saturated rings. The Balaban J connectivity index is 1.54. The molecule has 0 spiro atoms. The van der Waals surface area contributed by atoms with Crippen LogP contribution in [0, 0.1) is 12.8 Å². The van der Waals surface area contributed by atoms with Crippen molar-refractivity contribution in [3.63, 3.8) is 0 Å². The Bertz CT molecular complexity index is 862. The summed E-state index contributed by atoms with van der Waals surface area (Å²) in [6, 6.07) is 16.3. The number of anilines is 1. The van der Waals surface area contributed by atoms with Crippen molar-refractivity contribution in [3.05, 3.63) is 65.2 Å². The Labute approximate surface area is 160 Å². The Morgan fingerprint density at radius 3 is 2.67 bits per heavy atom. The Morgan fingerprint density at radius 2 is 1.93 bits per heavy atom. The first-order valence-corrected chi connectivity index (χ1v) is 9.83. The van der Waals surface area contributed by atoms with Crippen LogP contribution in [0.1, 0.15) is 42.5 Å². The zero-order valence-electron chi connectivity index (χ0n) is 16.0. The molecule has 2 aromatic rings. The van der Waals surface area contributed by atoms with E-state index in [2.05, 4.69) is 32.0 Å². The van der Waals surface area contributed by atoms with Crippen molar-refractivity contribution in [1.29, 1.82) is 0 Å². The molecule has 0 N–H and O–H groups in total. The van der Waals surface area contributed by atoms with Gasteiger partial charge in [-0.1, -0.05) is 48.9 Å². The molecule has 2 aromatic carbocycles. The van der Waals surface area contributed by atoms with E-state index in [1.54, 1.807) is 4.90 Å². The zero-order valence-corrected chi connectivity index (χ0v) is 16.0. The van der Waals surface area contributed by atoms with E-state index in [4.69, 9.17) is 0 Å². The monoisotopic (exact) mass is 362 g/mol. The van der Waals surface area contributed by atoms with Gasteiger partial charge in [-0.15, -0.1) is 0 Å². The first kappa shape index (κ1) is 17.8. The fourth-order valence-electron chi connectivity index (χ4n) is 4.51. The quantitative estimate of drug-likeness (QED) is 0.831. The maximum Gasteiger partial charge on any atom is 0.228 e. The first-order valence-electron chi connectivity index (χ1n) is 9.83. The smallest absolute Gasteiger partial charge is 0.228 e. The van der Waals surface area contributed by atoms with Crippen molar-refractivity contribution in [2.24, 2.45) is 5.92 Å². The van der Waals surface area contributed by atoms with Gasteiger partial charge in [0.1, 0.15) is 0 Å². The average Bonchev–Trinajstić information content (AvgIpc) is 3.08. The third kappa shape index (κ3) is 3.25. The number of amides is 2. The van der Waals surface area contributed by atoms with E-state index in [-0.39, 0.29) is 23.8 Å². The van der Waals surface area contributed by atoms with Crippen LogP contribution in [0.2, 0.25) is 0 Å². The van der Waals surface area contributed by atoms with Crippen molar-refractivity contribution in [2.45, 2.75) is 39.2 Å².